The number of halogens is 2. The number of carbonyl (C=O) groups excluding carboxylic acids is 1. The summed E-state index contributed by atoms with van der Waals surface area (Å²) in [5.74, 6) is -0.863. The quantitative estimate of drug-likeness (QED) is 0.493. The van der Waals surface area contributed by atoms with Crippen LogP contribution < -0.4 is 5.32 Å². The number of esters is 1. The van der Waals surface area contributed by atoms with Gasteiger partial charge in [-0.15, -0.1) is 0 Å². The average Bonchev–Trinajstić information content (AvgIpc) is 2.52. The van der Waals surface area contributed by atoms with Crippen molar-refractivity contribution in [1.29, 1.82) is 0 Å². The molecule has 3 nitrogen and oxygen atoms in total. The van der Waals surface area contributed by atoms with E-state index in [1.807, 2.05) is 38.2 Å². The van der Waals surface area contributed by atoms with Crippen molar-refractivity contribution >= 4 is 41.5 Å². The van der Waals surface area contributed by atoms with Gasteiger partial charge in [-0.1, -0.05) is 34.1 Å². The predicted molar refractivity (Wildman–Crippen MR) is 96.5 cm³/mol. The number of ether oxygens (including phenoxy) is 1. The standard InChI is InChI=1S/C17H16BBrFNO2/c1-23-16(22)8-5-11-3-2-4-13(9-11)21-17(18)14-7-6-12(19)10-15(14)20/h2-10,17,21H,18H2,1H3/b8-5+. The highest BCUT2D eigenvalue weighted by Gasteiger charge is 2.11. The largest absolute Gasteiger partial charge is 0.466 e. The van der Waals surface area contributed by atoms with E-state index in [1.54, 1.807) is 12.1 Å². The molecule has 0 aliphatic heterocycles. The smallest absolute Gasteiger partial charge is 0.330 e. The van der Waals surface area contributed by atoms with Crippen LogP contribution in [0.1, 0.15) is 17.1 Å². The molecule has 0 aliphatic rings. The van der Waals surface area contributed by atoms with Gasteiger partial charge < -0.3 is 10.1 Å². The summed E-state index contributed by atoms with van der Waals surface area (Å²) in [4.78, 5) is 11.1. The van der Waals surface area contributed by atoms with E-state index in [9.17, 15) is 9.18 Å². The minimum absolute atomic E-state index is 0.192. The highest BCUT2D eigenvalue weighted by Crippen LogP contribution is 2.23. The first-order valence-electron chi connectivity index (χ1n) is 7.07. The molecule has 0 bridgehead atoms. The van der Waals surface area contributed by atoms with E-state index in [1.165, 1.54) is 19.3 Å². The van der Waals surface area contributed by atoms with E-state index in [4.69, 9.17) is 0 Å². The Morgan fingerprint density at radius 3 is 2.83 bits per heavy atom. The molecule has 6 heteroatoms. The Morgan fingerprint density at radius 2 is 2.13 bits per heavy atom. The number of anilines is 1. The number of rotatable bonds is 5. The van der Waals surface area contributed by atoms with Crippen LogP contribution in [0.2, 0.25) is 0 Å². The van der Waals surface area contributed by atoms with Crippen molar-refractivity contribution in [1.82, 2.24) is 0 Å². The maximum atomic E-state index is 14.0. The molecular weight excluding hydrogens is 360 g/mol. The molecule has 2 aromatic carbocycles. The molecule has 0 saturated carbocycles. The molecule has 1 N–H and O–H groups in total. The lowest BCUT2D eigenvalue weighted by molar-refractivity contribution is -0.134. The molecule has 0 saturated heterocycles. The van der Waals surface area contributed by atoms with Gasteiger partial charge in [0, 0.05) is 27.7 Å². The normalized spacial score (nSPS) is 12.1. The van der Waals surface area contributed by atoms with Gasteiger partial charge in [0.1, 0.15) is 13.7 Å². The number of hydrogen-bond acceptors (Lipinski definition) is 3. The van der Waals surface area contributed by atoms with E-state index in [-0.39, 0.29) is 11.8 Å². The average molecular weight is 376 g/mol. The van der Waals surface area contributed by atoms with Crippen LogP contribution in [0.15, 0.2) is 53.0 Å². The third-order valence-corrected chi connectivity index (χ3v) is 3.81. The second-order valence-electron chi connectivity index (χ2n) is 5.01. The molecule has 0 aromatic heterocycles. The lowest BCUT2D eigenvalue weighted by atomic mass is 9.88. The Hall–Kier alpha value is -2.08. The van der Waals surface area contributed by atoms with Gasteiger partial charge in [-0.2, -0.15) is 0 Å². The molecule has 23 heavy (non-hydrogen) atoms. The van der Waals surface area contributed by atoms with Gasteiger partial charge in [0.05, 0.1) is 7.11 Å². The Labute approximate surface area is 144 Å². The molecular formula is C17H16BBrFNO2. The summed E-state index contributed by atoms with van der Waals surface area (Å²) in [7, 11) is 3.22. The van der Waals surface area contributed by atoms with Crippen molar-refractivity contribution in [2.24, 2.45) is 0 Å². The number of nitrogens with one attached hydrogen (secondary N) is 1. The Balaban J connectivity index is 2.13. The predicted octanol–water partition coefficient (Wildman–Crippen LogP) is 3.52. The highest BCUT2D eigenvalue weighted by atomic mass is 79.9. The summed E-state index contributed by atoms with van der Waals surface area (Å²) < 4.78 is 19.3. The van der Waals surface area contributed by atoms with Crippen LogP contribution in [-0.4, -0.2) is 20.9 Å². The lowest BCUT2D eigenvalue weighted by Crippen LogP contribution is -2.12. The van der Waals surface area contributed by atoms with Gasteiger partial charge in [0.2, 0.25) is 0 Å². The minimum atomic E-state index is -0.409. The molecule has 0 fully saturated rings. The first-order valence-corrected chi connectivity index (χ1v) is 7.86. The van der Waals surface area contributed by atoms with Crippen LogP contribution in [0, 0.1) is 5.82 Å². The monoisotopic (exact) mass is 375 g/mol. The summed E-state index contributed by atoms with van der Waals surface area (Å²) in [5, 5.41) is 3.26. The highest BCUT2D eigenvalue weighted by molar-refractivity contribution is 9.10. The lowest BCUT2D eigenvalue weighted by Gasteiger charge is -2.17. The minimum Gasteiger partial charge on any atom is -0.466 e. The van der Waals surface area contributed by atoms with E-state index >= 15 is 0 Å². The molecule has 0 heterocycles. The Morgan fingerprint density at radius 1 is 1.35 bits per heavy atom. The third kappa shape index (κ3) is 4.96. The SMILES string of the molecule is BC(Nc1cccc(/C=C/C(=O)OC)c1)c1ccc(Br)cc1F. The van der Waals surface area contributed by atoms with Gasteiger partial charge in [-0.3, -0.25) is 0 Å². The zero-order valence-corrected chi connectivity index (χ0v) is 14.4. The molecule has 2 rings (SSSR count). The fourth-order valence-electron chi connectivity index (χ4n) is 2.14. The van der Waals surface area contributed by atoms with Gasteiger partial charge in [0.15, 0.2) is 0 Å². The summed E-state index contributed by atoms with van der Waals surface area (Å²) in [5.41, 5.74) is 2.28. The summed E-state index contributed by atoms with van der Waals surface area (Å²) in [6.07, 6.45) is 3.03. The molecule has 0 amide bonds. The van der Waals surface area contributed by atoms with Gasteiger partial charge >= 0.3 is 5.97 Å². The Bertz CT molecular complexity index is 736. The molecule has 118 valence electrons. The molecule has 1 unspecified atom stereocenters. The van der Waals surface area contributed by atoms with Gasteiger partial charge in [0.25, 0.3) is 0 Å². The van der Waals surface area contributed by atoms with Gasteiger partial charge in [-0.05, 0) is 35.9 Å². The van der Waals surface area contributed by atoms with Crippen molar-refractivity contribution < 1.29 is 13.9 Å². The molecule has 1 atom stereocenters. The second kappa shape index (κ2) is 7.97. The van der Waals surface area contributed by atoms with Crippen molar-refractivity contribution in [3.63, 3.8) is 0 Å². The van der Waals surface area contributed by atoms with Crippen molar-refractivity contribution in [3.8, 4) is 0 Å². The van der Waals surface area contributed by atoms with Crippen LogP contribution in [-0.2, 0) is 9.53 Å². The molecule has 0 aliphatic carbocycles. The fourth-order valence-corrected chi connectivity index (χ4v) is 2.48. The Kier molecular flexibility index (Phi) is 5.99. The molecule has 2 aromatic rings. The van der Waals surface area contributed by atoms with Crippen LogP contribution in [0.4, 0.5) is 10.1 Å². The topological polar surface area (TPSA) is 38.3 Å². The van der Waals surface area contributed by atoms with Crippen LogP contribution in [0.5, 0.6) is 0 Å². The fraction of sp³-hybridized carbons (Fsp3) is 0.118. The van der Waals surface area contributed by atoms with E-state index < -0.39 is 5.97 Å². The number of carbonyl (C=O) groups is 1. The van der Waals surface area contributed by atoms with Crippen LogP contribution >= 0.6 is 15.9 Å². The summed E-state index contributed by atoms with van der Waals surface area (Å²) in [6, 6.07) is 12.5. The van der Waals surface area contributed by atoms with Crippen molar-refractivity contribution in [2.45, 2.75) is 5.94 Å². The first-order chi connectivity index (χ1) is 11.0. The summed E-state index contributed by atoms with van der Waals surface area (Å²) in [6.45, 7) is 0. The van der Waals surface area contributed by atoms with Crippen LogP contribution in [0.3, 0.4) is 0 Å². The maximum Gasteiger partial charge on any atom is 0.330 e. The summed E-state index contributed by atoms with van der Waals surface area (Å²) >= 11 is 3.25. The third-order valence-electron chi connectivity index (χ3n) is 3.31. The van der Waals surface area contributed by atoms with Crippen molar-refractivity contribution in [2.75, 3.05) is 12.4 Å². The number of hydrogen-bond donors (Lipinski definition) is 1. The maximum absolute atomic E-state index is 14.0. The van der Waals surface area contributed by atoms with E-state index in [2.05, 4.69) is 26.0 Å². The first kappa shape index (κ1) is 17.3. The van der Waals surface area contributed by atoms with Crippen LogP contribution in [0.25, 0.3) is 6.08 Å². The zero-order chi connectivity index (χ0) is 16.8. The number of methoxy groups -OCH3 is 1. The number of benzene rings is 2. The van der Waals surface area contributed by atoms with E-state index in [0.29, 0.717) is 10.0 Å². The molecule has 0 radical (unpaired) electrons. The van der Waals surface area contributed by atoms with E-state index in [0.717, 1.165) is 11.3 Å². The zero-order valence-electron chi connectivity index (χ0n) is 12.8. The van der Waals surface area contributed by atoms with Crippen molar-refractivity contribution in [3.05, 3.63) is 70.0 Å². The van der Waals surface area contributed by atoms with Gasteiger partial charge in [-0.25, -0.2) is 9.18 Å². The molecule has 0 spiro atoms. The second-order valence-corrected chi connectivity index (χ2v) is 5.93.